The maximum Gasteiger partial charge on any atom is 0.231 e. The van der Waals surface area contributed by atoms with Gasteiger partial charge in [-0.15, -0.1) is 0 Å². The zero-order valence-corrected chi connectivity index (χ0v) is 13.3. The number of carbonyl (C=O) groups is 1. The molecule has 116 valence electrons. The van der Waals surface area contributed by atoms with Crippen molar-refractivity contribution in [3.8, 4) is 11.5 Å². The summed E-state index contributed by atoms with van der Waals surface area (Å²) in [5.74, 6) is 1.73. The molecule has 0 aliphatic carbocycles. The summed E-state index contributed by atoms with van der Waals surface area (Å²) in [7, 11) is 0. The van der Waals surface area contributed by atoms with Gasteiger partial charge in [-0.1, -0.05) is 30.3 Å². The Bertz CT molecular complexity index is 816. The Balaban J connectivity index is 1.71. The molecule has 2 heterocycles. The average Bonchev–Trinajstić information content (AvgIpc) is 2.81. The van der Waals surface area contributed by atoms with E-state index in [1.165, 1.54) is 0 Å². The number of aryl methyl sites for hydroxylation is 1. The molecule has 3 heteroatoms. The van der Waals surface area contributed by atoms with Crippen LogP contribution in [0.4, 0.5) is 0 Å². The number of ketones is 1. The van der Waals surface area contributed by atoms with E-state index in [-0.39, 0.29) is 11.4 Å². The second-order valence-corrected chi connectivity index (χ2v) is 6.67. The smallest absolute Gasteiger partial charge is 0.231 e. The van der Waals surface area contributed by atoms with Crippen molar-refractivity contribution in [3.05, 3.63) is 64.9 Å². The van der Waals surface area contributed by atoms with Crippen molar-refractivity contribution in [2.45, 2.75) is 32.3 Å². The molecule has 0 atom stereocenters. The van der Waals surface area contributed by atoms with Gasteiger partial charge in [0.2, 0.25) is 5.78 Å². The first-order chi connectivity index (χ1) is 11.0. The van der Waals surface area contributed by atoms with Crippen LogP contribution in [0.25, 0.3) is 6.08 Å². The zero-order valence-electron chi connectivity index (χ0n) is 13.3. The predicted octanol–water partition coefficient (Wildman–Crippen LogP) is 4.41. The Morgan fingerprint density at radius 3 is 2.65 bits per heavy atom. The van der Waals surface area contributed by atoms with E-state index in [4.69, 9.17) is 9.47 Å². The lowest BCUT2D eigenvalue weighted by Gasteiger charge is -2.32. The fourth-order valence-electron chi connectivity index (χ4n) is 3.04. The van der Waals surface area contributed by atoms with Crippen molar-refractivity contribution in [2.75, 3.05) is 0 Å². The van der Waals surface area contributed by atoms with Gasteiger partial charge in [0.1, 0.15) is 17.1 Å². The lowest BCUT2D eigenvalue weighted by molar-refractivity contribution is 0.0844. The number of ether oxygens (including phenoxy) is 2. The number of carbonyl (C=O) groups excluding carboxylic acids is 1. The van der Waals surface area contributed by atoms with Crippen LogP contribution in [0.1, 0.15) is 41.8 Å². The highest BCUT2D eigenvalue weighted by Crippen LogP contribution is 2.41. The molecule has 0 fully saturated rings. The molecule has 0 radical (unpaired) electrons. The van der Waals surface area contributed by atoms with Crippen LogP contribution in [0, 0.1) is 0 Å². The number of hydrogen-bond acceptors (Lipinski definition) is 3. The molecule has 3 nitrogen and oxygen atoms in total. The predicted molar refractivity (Wildman–Crippen MR) is 88.8 cm³/mol. The Labute approximate surface area is 135 Å². The highest BCUT2D eigenvalue weighted by atomic mass is 16.5. The first-order valence-electron chi connectivity index (χ1n) is 7.87. The molecule has 2 aromatic rings. The van der Waals surface area contributed by atoms with Crippen LogP contribution in [0.2, 0.25) is 0 Å². The number of Topliss-reactive ketones (excluding diaryl/α,β-unsaturated/α-hetero) is 1. The molecule has 0 saturated carbocycles. The van der Waals surface area contributed by atoms with E-state index < -0.39 is 0 Å². The number of benzene rings is 2. The summed E-state index contributed by atoms with van der Waals surface area (Å²) in [6.45, 7) is 4.16. The van der Waals surface area contributed by atoms with Gasteiger partial charge in [0.25, 0.3) is 0 Å². The molecule has 0 N–H and O–H groups in total. The van der Waals surface area contributed by atoms with E-state index in [2.05, 4.69) is 13.8 Å². The van der Waals surface area contributed by atoms with Gasteiger partial charge >= 0.3 is 0 Å². The Morgan fingerprint density at radius 2 is 1.87 bits per heavy atom. The Hall–Kier alpha value is -2.55. The molecule has 0 saturated heterocycles. The normalized spacial score (nSPS) is 19.7. The molecule has 0 aromatic heterocycles. The van der Waals surface area contributed by atoms with Crippen LogP contribution in [-0.4, -0.2) is 11.4 Å². The van der Waals surface area contributed by atoms with Gasteiger partial charge in [-0.05, 0) is 50.0 Å². The summed E-state index contributed by atoms with van der Waals surface area (Å²) in [4.78, 5) is 12.6. The monoisotopic (exact) mass is 306 g/mol. The number of hydrogen-bond donors (Lipinski definition) is 0. The molecule has 0 bridgehead atoms. The maximum atomic E-state index is 12.6. The van der Waals surface area contributed by atoms with Crippen molar-refractivity contribution in [2.24, 2.45) is 0 Å². The maximum absolute atomic E-state index is 12.6. The van der Waals surface area contributed by atoms with Gasteiger partial charge in [0, 0.05) is 6.07 Å². The molecule has 0 amide bonds. The minimum atomic E-state index is -0.174. The van der Waals surface area contributed by atoms with Crippen molar-refractivity contribution in [1.82, 2.24) is 0 Å². The van der Waals surface area contributed by atoms with Gasteiger partial charge < -0.3 is 9.47 Å². The van der Waals surface area contributed by atoms with E-state index in [0.717, 1.165) is 29.7 Å². The number of fused-ring (bicyclic) bond motifs is 2. The summed E-state index contributed by atoms with van der Waals surface area (Å²) in [6, 6.07) is 13.5. The average molecular weight is 306 g/mol. The summed E-state index contributed by atoms with van der Waals surface area (Å²) in [5, 5.41) is 0. The first kappa shape index (κ1) is 14.1. The van der Waals surface area contributed by atoms with Gasteiger partial charge in [-0.3, -0.25) is 4.79 Å². The van der Waals surface area contributed by atoms with Crippen molar-refractivity contribution >= 4 is 11.9 Å². The topological polar surface area (TPSA) is 35.5 Å². The highest BCUT2D eigenvalue weighted by Gasteiger charge is 2.33. The molecule has 4 rings (SSSR count). The van der Waals surface area contributed by atoms with Crippen LogP contribution in [-0.2, 0) is 6.42 Å². The van der Waals surface area contributed by atoms with Crippen molar-refractivity contribution < 1.29 is 14.3 Å². The van der Waals surface area contributed by atoms with E-state index >= 15 is 0 Å². The lowest BCUT2D eigenvalue weighted by Crippen LogP contribution is -2.32. The van der Waals surface area contributed by atoms with Crippen LogP contribution in [0.5, 0.6) is 11.5 Å². The summed E-state index contributed by atoms with van der Waals surface area (Å²) >= 11 is 0. The lowest BCUT2D eigenvalue weighted by atomic mass is 9.92. The van der Waals surface area contributed by atoms with Gasteiger partial charge in [-0.25, -0.2) is 0 Å². The SMILES string of the molecule is CC1(C)CCc2cc3c(cc2O1)O/C(=C\c1ccccc1)C3=O. The summed E-state index contributed by atoms with van der Waals surface area (Å²) in [6.07, 6.45) is 3.65. The molecular formula is C20H18O3. The molecule has 0 unspecified atom stereocenters. The molecular weight excluding hydrogens is 288 g/mol. The Kier molecular flexibility index (Phi) is 3.05. The summed E-state index contributed by atoms with van der Waals surface area (Å²) < 4.78 is 11.8. The third kappa shape index (κ3) is 2.52. The third-order valence-electron chi connectivity index (χ3n) is 4.33. The largest absolute Gasteiger partial charge is 0.487 e. The quantitative estimate of drug-likeness (QED) is 0.732. The molecule has 23 heavy (non-hydrogen) atoms. The standard InChI is InChI=1S/C20H18O3/c1-20(2)9-8-14-11-15-17(12-16(14)23-20)22-18(19(15)21)10-13-6-4-3-5-7-13/h3-7,10-12H,8-9H2,1-2H3/b18-10-. The molecule has 2 aliphatic rings. The van der Waals surface area contributed by atoms with Crippen LogP contribution >= 0.6 is 0 Å². The molecule has 2 aromatic carbocycles. The van der Waals surface area contributed by atoms with Gasteiger partial charge in [0.15, 0.2) is 5.76 Å². The highest BCUT2D eigenvalue weighted by molar-refractivity contribution is 6.14. The number of allylic oxidation sites excluding steroid dienone is 1. The molecule has 2 aliphatic heterocycles. The minimum absolute atomic E-state index is 0.0588. The second kappa shape index (κ2) is 4.98. The first-order valence-corrected chi connectivity index (χ1v) is 7.87. The van der Waals surface area contributed by atoms with Crippen molar-refractivity contribution in [3.63, 3.8) is 0 Å². The van der Waals surface area contributed by atoms with E-state index in [9.17, 15) is 4.79 Å². The summed E-state index contributed by atoms with van der Waals surface area (Å²) in [5.41, 5.74) is 2.49. The van der Waals surface area contributed by atoms with E-state index in [0.29, 0.717) is 17.1 Å². The zero-order chi connectivity index (χ0) is 16.0. The molecule has 0 spiro atoms. The second-order valence-electron chi connectivity index (χ2n) is 6.67. The van der Waals surface area contributed by atoms with Gasteiger partial charge in [-0.2, -0.15) is 0 Å². The van der Waals surface area contributed by atoms with Gasteiger partial charge in [0.05, 0.1) is 5.56 Å². The van der Waals surface area contributed by atoms with Crippen LogP contribution < -0.4 is 9.47 Å². The van der Waals surface area contributed by atoms with Crippen LogP contribution in [0.3, 0.4) is 0 Å². The van der Waals surface area contributed by atoms with Crippen molar-refractivity contribution in [1.29, 1.82) is 0 Å². The number of rotatable bonds is 1. The van der Waals surface area contributed by atoms with E-state index in [1.54, 1.807) is 6.08 Å². The fourth-order valence-corrected chi connectivity index (χ4v) is 3.04. The minimum Gasteiger partial charge on any atom is -0.487 e. The Morgan fingerprint density at radius 1 is 1.09 bits per heavy atom. The van der Waals surface area contributed by atoms with Crippen LogP contribution in [0.15, 0.2) is 48.2 Å². The van der Waals surface area contributed by atoms with E-state index in [1.807, 2.05) is 42.5 Å². The third-order valence-corrected chi connectivity index (χ3v) is 4.33. The fraction of sp³-hybridized carbons (Fsp3) is 0.250.